The first-order chi connectivity index (χ1) is 26.0. The van der Waals surface area contributed by atoms with E-state index in [1.807, 2.05) is 0 Å². The van der Waals surface area contributed by atoms with E-state index >= 15 is 4.39 Å². The van der Waals surface area contributed by atoms with Gasteiger partial charge in [-0.05, 0) is 88.0 Å². The first-order valence-corrected chi connectivity index (χ1v) is 19.3. The van der Waals surface area contributed by atoms with Crippen molar-refractivity contribution in [2.45, 2.75) is 108 Å². The number of alkyl halides is 1. The minimum atomic E-state index is -2.06. The summed E-state index contributed by atoms with van der Waals surface area (Å²) in [4.78, 5) is 89.8. The highest BCUT2D eigenvalue weighted by Gasteiger charge is 2.75. The van der Waals surface area contributed by atoms with Crippen LogP contribution in [0.25, 0.3) is 0 Å². The summed E-state index contributed by atoms with van der Waals surface area (Å²) in [5, 5.41) is 28.8. The number of unbranched alkanes of at least 4 members (excludes halogenated alkanes) is 2. The summed E-state index contributed by atoms with van der Waals surface area (Å²) < 4.78 is 23.1. The van der Waals surface area contributed by atoms with E-state index in [1.165, 1.54) is 30.4 Å². The molecule has 1 saturated heterocycles. The third-order valence-electron chi connectivity index (χ3n) is 13.8. The van der Waals surface area contributed by atoms with Crippen molar-refractivity contribution in [1.82, 2.24) is 15.5 Å². The van der Waals surface area contributed by atoms with Gasteiger partial charge in [0, 0.05) is 36.1 Å². The number of aliphatic hydroxyl groups excluding tert-OH is 1. The fourth-order valence-corrected chi connectivity index (χ4v) is 10.8. The van der Waals surface area contributed by atoms with Gasteiger partial charge in [-0.2, -0.15) is 0 Å². The standard InChI is InChI=1S/C41H48FN3O10/c1-22-18-28-27-12-11-23-19-24(46)15-16-38(23,2)40(27,42)31(48)20-39(28,3)41(22,54)37(53)43-17-6-4-5-8-25(47)21-55-30-10-7-9-26-33(30)36(52)45(35(26)51)29-13-14-32(49)44-34(29)50/h7,9-10,15-16,19,22,27-29,31,48,54H,4-6,8,11-14,17-18,20-21H2,1-3H3,(H,43,53)(H,44,49,50)/t22-,27-,28-,29?,31-,38-,39-,40-,41-/m0/s1. The van der Waals surface area contributed by atoms with Crippen LogP contribution in [0.3, 0.4) is 0 Å². The van der Waals surface area contributed by atoms with Gasteiger partial charge in [0.25, 0.3) is 17.7 Å². The lowest BCUT2D eigenvalue weighted by molar-refractivity contribution is -0.219. The predicted molar refractivity (Wildman–Crippen MR) is 193 cm³/mol. The molecule has 7 rings (SSSR count). The lowest BCUT2D eigenvalue weighted by Gasteiger charge is -2.62. The molecule has 5 amide bonds. The third kappa shape index (κ3) is 5.81. The topological polar surface area (TPSA) is 196 Å². The van der Waals surface area contributed by atoms with Crippen LogP contribution in [0.5, 0.6) is 5.75 Å². The summed E-state index contributed by atoms with van der Waals surface area (Å²) in [6, 6.07) is 3.30. The number of hydrogen-bond acceptors (Lipinski definition) is 10. The Morgan fingerprint density at radius 2 is 1.80 bits per heavy atom. The van der Waals surface area contributed by atoms with E-state index in [4.69, 9.17) is 4.74 Å². The number of nitrogens with zero attached hydrogens (tertiary/aromatic N) is 1. The number of halogens is 1. The molecular weight excluding hydrogens is 713 g/mol. The monoisotopic (exact) mass is 761 g/mol. The molecule has 9 atom stereocenters. The molecule has 0 aromatic heterocycles. The fraction of sp³-hybridized carbons (Fsp3) is 0.585. The van der Waals surface area contributed by atoms with Crippen LogP contribution in [0.15, 0.2) is 42.0 Å². The van der Waals surface area contributed by atoms with Crippen LogP contribution in [-0.2, 0) is 24.0 Å². The number of aliphatic hydroxyl groups is 2. The highest BCUT2D eigenvalue weighted by Crippen LogP contribution is 2.70. The number of carbonyl (C=O) groups is 7. The molecule has 2 aliphatic heterocycles. The van der Waals surface area contributed by atoms with E-state index in [-0.39, 0.29) is 73.2 Å². The minimum Gasteiger partial charge on any atom is -0.485 e. The number of carbonyl (C=O) groups excluding carboxylic acids is 7. The van der Waals surface area contributed by atoms with E-state index in [0.717, 1.165) is 4.90 Å². The maximum atomic E-state index is 17.4. The molecule has 0 radical (unpaired) electrons. The van der Waals surface area contributed by atoms with E-state index in [9.17, 15) is 43.8 Å². The van der Waals surface area contributed by atoms with Gasteiger partial charge in [-0.25, -0.2) is 4.39 Å². The molecule has 4 fully saturated rings. The Labute approximate surface area is 318 Å². The van der Waals surface area contributed by atoms with Gasteiger partial charge in [-0.3, -0.25) is 43.8 Å². The summed E-state index contributed by atoms with van der Waals surface area (Å²) in [6.45, 7) is 5.20. The molecule has 0 spiro atoms. The Bertz CT molecular complexity index is 1950. The smallest absolute Gasteiger partial charge is 0.266 e. The average Bonchev–Trinajstić information content (AvgIpc) is 3.51. The normalized spacial score (nSPS) is 36.4. The van der Waals surface area contributed by atoms with Gasteiger partial charge in [0.2, 0.25) is 11.8 Å². The number of ether oxygens (including phenoxy) is 1. The zero-order valence-corrected chi connectivity index (χ0v) is 31.3. The van der Waals surface area contributed by atoms with Crippen molar-refractivity contribution < 1.29 is 52.9 Å². The minimum absolute atomic E-state index is 0.00812. The van der Waals surface area contributed by atoms with Crippen molar-refractivity contribution in [3.05, 3.63) is 53.1 Å². The molecule has 0 bridgehead atoms. The maximum absolute atomic E-state index is 17.4. The van der Waals surface area contributed by atoms with Crippen molar-refractivity contribution in [1.29, 1.82) is 0 Å². The Morgan fingerprint density at radius 3 is 2.55 bits per heavy atom. The van der Waals surface area contributed by atoms with Crippen LogP contribution in [0.2, 0.25) is 0 Å². The molecular formula is C41H48FN3O10. The van der Waals surface area contributed by atoms with Crippen LogP contribution in [0.4, 0.5) is 4.39 Å². The molecule has 1 aromatic carbocycles. The molecule has 2 heterocycles. The number of amides is 5. The predicted octanol–water partition coefficient (Wildman–Crippen LogP) is 3.06. The zero-order chi connectivity index (χ0) is 39.7. The number of imide groups is 2. The zero-order valence-electron chi connectivity index (χ0n) is 31.3. The third-order valence-corrected chi connectivity index (χ3v) is 13.8. The molecule has 1 unspecified atom stereocenters. The second-order valence-corrected chi connectivity index (χ2v) is 16.7. The average molecular weight is 762 g/mol. The summed E-state index contributed by atoms with van der Waals surface area (Å²) in [5.41, 5.74) is -5.47. The van der Waals surface area contributed by atoms with E-state index in [0.29, 0.717) is 44.1 Å². The van der Waals surface area contributed by atoms with Gasteiger partial charge >= 0.3 is 0 Å². The van der Waals surface area contributed by atoms with Gasteiger partial charge in [-0.15, -0.1) is 0 Å². The van der Waals surface area contributed by atoms with Crippen molar-refractivity contribution >= 4 is 41.1 Å². The van der Waals surface area contributed by atoms with Gasteiger partial charge in [-0.1, -0.05) is 38.0 Å². The first-order valence-electron chi connectivity index (χ1n) is 19.3. The molecule has 4 N–H and O–H groups in total. The molecule has 14 heteroatoms. The molecule has 294 valence electrons. The van der Waals surface area contributed by atoms with Gasteiger partial charge in [0.15, 0.2) is 22.8 Å². The molecule has 6 aliphatic rings. The molecule has 13 nitrogen and oxygen atoms in total. The number of nitrogens with one attached hydrogen (secondary N) is 2. The molecule has 3 saturated carbocycles. The quantitative estimate of drug-likeness (QED) is 0.192. The Balaban J connectivity index is 0.896. The first kappa shape index (κ1) is 38.7. The lowest BCUT2D eigenvalue weighted by Crippen LogP contribution is -2.70. The molecule has 1 aromatic rings. The van der Waals surface area contributed by atoms with Crippen molar-refractivity contribution in [2.24, 2.45) is 28.6 Å². The number of piperidine rings is 1. The van der Waals surface area contributed by atoms with Gasteiger partial charge in [0.05, 0.1) is 17.2 Å². The molecule has 55 heavy (non-hydrogen) atoms. The van der Waals surface area contributed by atoms with Gasteiger partial charge < -0.3 is 20.3 Å². The summed E-state index contributed by atoms with van der Waals surface area (Å²) in [5.74, 6) is -5.05. The molecule has 4 aliphatic carbocycles. The number of allylic oxidation sites excluding steroid dienone is 4. The van der Waals surface area contributed by atoms with Crippen LogP contribution in [0, 0.1) is 28.6 Å². The number of ketones is 2. The van der Waals surface area contributed by atoms with Crippen LogP contribution >= 0.6 is 0 Å². The summed E-state index contributed by atoms with van der Waals surface area (Å²) in [7, 11) is 0. The highest BCUT2D eigenvalue weighted by molar-refractivity contribution is 6.24. The number of Topliss-reactive ketones (excluding diaryl/α,β-unsaturated/α-hetero) is 1. The Kier molecular flexibility index (Phi) is 9.76. The van der Waals surface area contributed by atoms with Crippen molar-refractivity contribution in [3.8, 4) is 5.75 Å². The fourth-order valence-electron chi connectivity index (χ4n) is 10.8. The number of fused-ring (bicyclic) bond motifs is 6. The summed E-state index contributed by atoms with van der Waals surface area (Å²) >= 11 is 0. The maximum Gasteiger partial charge on any atom is 0.266 e. The SMILES string of the molecule is C[C@H]1C[C@H]2[C@@H]3CCC4=CC(=O)C=C[C@]4(C)[C@@]3(F)[C@@H](O)C[C@]2(C)[C@@]1(O)C(=O)NCCCCCC(=O)COc1cccc2c1C(=O)N(C1CCC(=O)NC1=O)C2=O. The van der Waals surface area contributed by atoms with Crippen LogP contribution in [-0.4, -0.2) is 92.8 Å². The highest BCUT2D eigenvalue weighted by atomic mass is 19.1. The number of rotatable bonds is 11. The largest absolute Gasteiger partial charge is 0.485 e. The van der Waals surface area contributed by atoms with Crippen LogP contribution < -0.4 is 15.4 Å². The lowest BCUT2D eigenvalue weighted by atomic mass is 9.44. The van der Waals surface area contributed by atoms with Crippen molar-refractivity contribution in [3.63, 3.8) is 0 Å². The second kappa shape index (κ2) is 13.9. The van der Waals surface area contributed by atoms with E-state index in [2.05, 4.69) is 10.6 Å². The second-order valence-electron chi connectivity index (χ2n) is 16.7. The number of hydrogen-bond donors (Lipinski definition) is 4. The van der Waals surface area contributed by atoms with Crippen LogP contribution in [0.1, 0.15) is 106 Å². The van der Waals surface area contributed by atoms with E-state index in [1.54, 1.807) is 26.8 Å². The summed E-state index contributed by atoms with van der Waals surface area (Å²) in [6.07, 6.45) is 5.90. The van der Waals surface area contributed by atoms with Crippen molar-refractivity contribution in [2.75, 3.05) is 13.2 Å². The van der Waals surface area contributed by atoms with Gasteiger partial charge in [0.1, 0.15) is 18.4 Å². The Hall–Kier alpha value is -4.56. The Morgan fingerprint density at radius 1 is 1.04 bits per heavy atom. The van der Waals surface area contributed by atoms with E-state index < -0.39 is 75.6 Å². The number of benzene rings is 1.